The minimum Gasteiger partial charge on any atom is -0.398 e. The predicted octanol–water partition coefficient (Wildman–Crippen LogP) is 1.95. The molecule has 76 valence electrons. The number of nitrogens with two attached hydrogens (primary N) is 1. The highest BCUT2D eigenvalue weighted by Gasteiger charge is 2.18. The normalized spacial score (nSPS) is 16.6. The smallest absolute Gasteiger partial charge is 0.105 e. The van der Waals surface area contributed by atoms with E-state index in [9.17, 15) is 0 Å². The van der Waals surface area contributed by atoms with Gasteiger partial charge in [0.15, 0.2) is 0 Å². The fourth-order valence-corrected chi connectivity index (χ4v) is 1.59. The second-order valence-electron chi connectivity index (χ2n) is 3.31. The Labute approximate surface area is 91.3 Å². The molecule has 1 heterocycles. The average Bonchev–Trinajstić information content (AvgIpc) is 2.05. The zero-order chi connectivity index (χ0) is 9.97. The van der Waals surface area contributed by atoms with Crippen LogP contribution in [0.1, 0.15) is 5.56 Å². The molecule has 0 spiro atoms. The van der Waals surface area contributed by atoms with Gasteiger partial charge in [0.1, 0.15) is 6.10 Å². The Morgan fingerprint density at radius 1 is 1.50 bits per heavy atom. The van der Waals surface area contributed by atoms with E-state index in [1.807, 2.05) is 18.2 Å². The first kappa shape index (κ1) is 9.96. The van der Waals surface area contributed by atoms with Gasteiger partial charge in [-0.1, -0.05) is 22.0 Å². The molecule has 0 amide bonds. The lowest BCUT2D eigenvalue weighted by Crippen LogP contribution is -2.35. The summed E-state index contributed by atoms with van der Waals surface area (Å²) >= 11 is 3.36. The first-order valence-corrected chi connectivity index (χ1v) is 5.28. The maximum atomic E-state index is 5.83. The van der Waals surface area contributed by atoms with Crippen molar-refractivity contribution in [3.8, 4) is 0 Å². The van der Waals surface area contributed by atoms with Crippen molar-refractivity contribution < 1.29 is 9.47 Å². The van der Waals surface area contributed by atoms with Crippen LogP contribution in [0.2, 0.25) is 0 Å². The van der Waals surface area contributed by atoms with Gasteiger partial charge in [0.2, 0.25) is 0 Å². The zero-order valence-electron chi connectivity index (χ0n) is 7.70. The van der Waals surface area contributed by atoms with E-state index in [4.69, 9.17) is 15.2 Å². The minimum atomic E-state index is 0.248. The van der Waals surface area contributed by atoms with Gasteiger partial charge < -0.3 is 15.2 Å². The fourth-order valence-electron chi connectivity index (χ4n) is 1.22. The summed E-state index contributed by atoms with van der Waals surface area (Å²) in [7, 11) is 0. The second kappa shape index (κ2) is 4.29. The van der Waals surface area contributed by atoms with Crippen molar-refractivity contribution in [3.63, 3.8) is 0 Å². The third kappa shape index (κ3) is 2.26. The molecule has 2 N–H and O–H groups in total. The SMILES string of the molecule is Nc1cc(Br)ccc1COC1COC1. The van der Waals surface area contributed by atoms with E-state index in [1.165, 1.54) is 0 Å². The summed E-state index contributed by atoms with van der Waals surface area (Å²) in [5.74, 6) is 0. The lowest BCUT2D eigenvalue weighted by molar-refractivity contribution is -0.135. The van der Waals surface area contributed by atoms with E-state index < -0.39 is 0 Å². The highest BCUT2D eigenvalue weighted by molar-refractivity contribution is 9.10. The summed E-state index contributed by atoms with van der Waals surface area (Å²) in [5, 5.41) is 0. The van der Waals surface area contributed by atoms with Gasteiger partial charge in [-0.3, -0.25) is 0 Å². The summed E-state index contributed by atoms with van der Waals surface area (Å²) in [6, 6.07) is 5.82. The molecule has 0 saturated carbocycles. The number of hydrogen-bond donors (Lipinski definition) is 1. The van der Waals surface area contributed by atoms with Crippen LogP contribution in [0.4, 0.5) is 5.69 Å². The van der Waals surface area contributed by atoms with Crippen LogP contribution >= 0.6 is 15.9 Å². The van der Waals surface area contributed by atoms with Crippen molar-refractivity contribution in [1.29, 1.82) is 0 Å². The predicted molar refractivity (Wildman–Crippen MR) is 58.0 cm³/mol. The summed E-state index contributed by atoms with van der Waals surface area (Å²) in [6.07, 6.45) is 0.248. The average molecular weight is 258 g/mol. The van der Waals surface area contributed by atoms with Gasteiger partial charge in [-0.05, 0) is 12.1 Å². The molecule has 1 fully saturated rings. The van der Waals surface area contributed by atoms with Crippen molar-refractivity contribution in [3.05, 3.63) is 28.2 Å². The number of rotatable bonds is 3. The Morgan fingerprint density at radius 2 is 2.29 bits per heavy atom. The molecule has 0 aromatic heterocycles. The van der Waals surface area contributed by atoms with Crippen LogP contribution in [0.25, 0.3) is 0 Å². The van der Waals surface area contributed by atoms with Crippen LogP contribution in [-0.4, -0.2) is 19.3 Å². The van der Waals surface area contributed by atoms with E-state index >= 15 is 0 Å². The quantitative estimate of drug-likeness (QED) is 0.843. The molecular formula is C10H12BrNO2. The first-order valence-electron chi connectivity index (χ1n) is 4.49. The highest BCUT2D eigenvalue weighted by Crippen LogP contribution is 2.20. The molecule has 0 radical (unpaired) electrons. The van der Waals surface area contributed by atoms with Crippen LogP contribution < -0.4 is 5.73 Å². The zero-order valence-corrected chi connectivity index (χ0v) is 9.29. The van der Waals surface area contributed by atoms with Gasteiger partial charge in [-0.15, -0.1) is 0 Å². The van der Waals surface area contributed by atoms with Gasteiger partial charge >= 0.3 is 0 Å². The number of hydrogen-bond acceptors (Lipinski definition) is 3. The molecule has 1 aliphatic heterocycles. The molecule has 1 aromatic rings. The maximum Gasteiger partial charge on any atom is 0.105 e. The molecule has 0 atom stereocenters. The summed E-state index contributed by atoms with van der Waals surface area (Å²) in [4.78, 5) is 0. The third-order valence-corrected chi connectivity index (χ3v) is 2.68. The van der Waals surface area contributed by atoms with E-state index in [0.29, 0.717) is 19.8 Å². The molecule has 0 unspecified atom stereocenters. The summed E-state index contributed by atoms with van der Waals surface area (Å²) in [5.41, 5.74) is 7.62. The molecule has 1 aromatic carbocycles. The number of ether oxygens (including phenoxy) is 2. The molecule has 14 heavy (non-hydrogen) atoms. The fraction of sp³-hybridized carbons (Fsp3) is 0.400. The molecule has 0 aliphatic carbocycles. The minimum absolute atomic E-state index is 0.248. The number of nitrogen functional groups attached to an aromatic ring is 1. The summed E-state index contributed by atoms with van der Waals surface area (Å²) < 4.78 is 11.6. The van der Waals surface area contributed by atoms with Crippen molar-refractivity contribution >= 4 is 21.6 Å². The maximum absolute atomic E-state index is 5.83. The number of benzene rings is 1. The highest BCUT2D eigenvalue weighted by atomic mass is 79.9. The van der Waals surface area contributed by atoms with E-state index in [0.717, 1.165) is 15.7 Å². The van der Waals surface area contributed by atoms with Gasteiger partial charge in [0.05, 0.1) is 19.8 Å². The molecule has 1 saturated heterocycles. The van der Waals surface area contributed by atoms with Crippen molar-refractivity contribution in [2.45, 2.75) is 12.7 Å². The standard InChI is InChI=1S/C10H12BrNO2/c11-8-2-1-7(10(12)3-8)4-14-9-5-13-6-9/h1-3,9H,4-6,12H2. The Hall–Kier alpha value is -0.580. The van der Waals surface area contributed by atoms with Crippen molar-refractivity contribution in [2.75, 3.05) is 18.9 Å². The molecular weight excluding hydrogens is 246 g/mol. The van der Waals surface area contributed by atoms with Crippen LogP contribution in [0.15, 0.2) is 22.7 Å². The largest absolute Gasteiger partial charge is 0.398 e. The topological polar surface area (TPSA) is 44.5 Å². The van der Waals surface area contributed by atoms with Gasteiger partial charge in [-0.2, -0.15) is 0 Å². The first-order chi connectivity index (χ1) is 6.75. The van der Waals surface area contributed by atoms with Crippen LogP contribution in [0.5, 0.6) is 0 Å². The molecule has 1 aliphatic rings. The van der Waals surface area contributed by atoms with E-state index in [-0.39, 0.29) is 6.10 Å². The van der Waals surface area contributed by atoms with Crippen molar-refractivity contribution in [2.24, 2.45) is 0 Å². The van der Waals surface area contributed by atoms with Gasteiger partial charge in [0.25, 0.3) is 0 Å². The monoisotopic (exact) mass is 257 g/mol. The van der Waals surface area contributed by atoms with Gasteiger partial charge in [0, 0.05) is 15.7 Å². The number of halogens is 1. The molecule has 0 bridgehead atoms. The number of anilines is 1. The Morgan fingerprint density at radius 3 is 2.86 bits per heavy atom. The lowest BCUT2D eigenvalue weighted by Gasteiger charge is -2.26. The Kier molecular flexibility index (Phi) is 3.05. The van der Waals surface area contributed by atoms with E-state index in [2.05, 4.69) is 15.9 Å². The Bertz CT molecular complexity index is 326. The van der Waals surface area contributed by atoms with Crippen LogP contribution in [-0.2, 0) is 16.1 Å². The molecule has 4 heteroatoms. The van der Waals surface area contributed by atoms with E-state index in [1.54, 1.807) is 0 Å². The third-order valence-electron chi connectivity index (χ3n) is 2.19. The van der Waals surface area contributed by atoms with Crippen LogP contribution in [0, 0.1) is 0 Å². The van der Waals surface area contributed by atoms with Gasteiger partial charge in [-0.25, -0.2) is 0 Å². The second-order valence-corrected chi connectivity index (χ2v) is 4.23. The molecule has 2 rings (SSSR count). The lowest BCUT2D eigenvalue weighted by atomic mass is 10.2. The van der Waals surface area contributed by atoms with Crippen molar-refractivity contribution in [1.82, 2.24) is 0 Å². The molecule has 3 nitrogen and oxygen atoms in total. The van der Waals surface area contributed by atoms with Crippen LogP contribution in [0.3, 0.4) is 0 Å². The summed E-state index contributed by atoms with van der Waals surface area (Å²) in [6.45, 7) is 1.97. The Balaban J connectivity index is 1.94.